The van der Waals surface area contributed by atoms with Gasteiger partial charge in [0, 0.05) is 25.7 Å². The zero-order chi connectivity index (χ0) is 18.1. The number of hydrogen-bond donors (Lipinski definition) is 2. The van der Waals surface area contributed by atoms with Crippen LogP contribution in [-0.2, 0) is 11.2 Å². The van der Waals surface area contributed by atoms with Gasteiger partial charge in [0.05, 0.1) is 13.7 Å². The number of benzene rings is 1. The van der Waals surface area contributed by atoms with Crippen molar-refractivity contribution in [2.45, 2.75) is 32.2 Å². The van der Waals surface area contributed by atoms with Crippen molar-refractivity contribution < 1.29 is 14.3 Å². The van der Waals surface area contributed by atoms with E-state index in [0.29, 0.717) is 32.2 Å². The lowest BCUT2D eigenvalue weighted by molar-refractivity contribution is 0.0963. The normalized spacial score (nSPS) is 15.8. The van der Waals surface area contributed by atoms with Crippen LogP contribution in [0.1, 0.15) is 25.3 Å². The first-order valence-corrected chi connectivity index (χ1v) is 8.74. The highest BCUT2D eigenvalue weighted by Gasteiger charge is 2.23. The molecule has 0 aliphatic carbocycles. The number of nitrogens with zero attached hydrogens (tertiary/aromatic N) is 2. The Hall–Kier alpha value is -2.44. The summed E-state index contributed by atoms with van der Waals surface area (Å²) < 4.78 is 10.4. The maximum Gasteiger partial charge on any atom is 0.409 e. The van der Waals surface area contributed by atoms with Gasteiger partial charge in [0.1, 0.15) is 5.75 Å². The molecular weight excluding hydrogens is 320 g/mol. The number of hydrogen-bond acceptors (Lipinski definition) is 4. The van der Waals surface area contributed by atoms with Crippen LogP contribution in [0.3, 0.4) is 0 Å². The third-order valence-corrected chi connectivity index (χ3v) is 4.23. The van der Waals surface area contributed by atoms with Crippen molar-refractivity contribution in [2.75, 3.05) is 33.4 Å². The van der Waals surface area contributed by atoms with Gasteiger partial charge < -0.3 is 25.4 Å². The second kappa shape index (κ2) is 9.76. The summed E-state index contributed by atoms with van der Waals surface area (Å²) in [6.07, 6.45) is 2.20. The van der Waals surface area contributed by atoms with Crippen LogP contribution in [0.25, 0.3) is 0 Å². The Bertz CT molecular complexity index is 583. The third-order valence-electron chi connectivity index (χ3n) is 4.23. The number of methoxy groups -OCH3 is 1. The number of piperidine rings is 1. The van der Waals surface area contributed by atoms with E-state index < -0.39 is 0 Å². The number of para-hydroxylation sites is 1. The van der Waals surface area contributed by atoms with E-state index in [-0.39, 0.29) is 12.1 Å². The molecule has 0 atom stereocenters. The third kappa shape index (κ3) is 5.85. The number of nitrogens with one attached hydrogen (secondary N) is 1. The highest BCUT2D eigenvalue weighted by atomic mass is 16.6. The molecule has 0 unspecified atom stereocenters. The lowest BCUT2D eigenvalue weighted by atomic mass is 10.1. The molecule has 1 heterocycles. The minimum atomic E-state index is -0.237. The fourth-order valence-corrected chi connectivity index (χ4v) is 2.88. The molecular formula is C18H28N4O3. The quantitative estimate of drug-likeness (QED) is 0.604. The first-order valence-electron chi connectivity index (χ1n) is 8.74. The van der Waals surface area contributed by atoms with Crippen LogP contribution in [-0.4, -0.2) is 56.3 Å². The molecule has 0 radical (unpaired) electrons. The average Bonchev–Trinajstić information content (AvgIpc) is 2.63. The van der Waals surface area contributed by atoms with E-state index in [2.05, 4.69) is 10.3 Å². The van der Waals surface area contributed by atoms with E-state index in [1.165, 1.54) is 0 Å². The van der Waals surface area contributed by atoms with Crippen molar-refractivity contribution in [1.82, 2.24) is 10.2 Å². The SMILES string of the molecule is CCOC(=O)N1CCC(NC(N)=NCCc2ccccc2OC)CC1. The molecule has 7 nitrogen and oxygen atoms in total. The van der Waals surface area contributed by atoms with Crippen molar-refractivity contribution in [3.05, 3.63) is 29.8 Å². The van der Waals surface area contributed by atoms with Crippen LogP contribution in [0.5, 0.6) is 5.75 Å². The van der Waals surface area contributed by atoms with Gasteiger partial charge in [-0.2, -0.15) is 0 Å². The smallest absolute Gasteiger partial charge is 0.409 e. The predicted octanol–water partition coefficient (Wildman–Crippen LogP) is 1.76. The number of carbonyl (C=O) groups excluding carboxylic acids is 1. The highest BCUT2D eigenvalue weighted by Crippen LogP contribution is 2.17. The standard InChI is InChI=1S/C18H28N4O3/c1-3-25-18(23)22-12-9-15(10-13-22)21-17(19)20-11-8-14-6-4-5-7-16(14)24-2/h4-7,15H,3,8-13H2,1-2H3,(H3,19,20,21). The Labute approximate surface area is 149 Å². The van der Waals surface area contributed by atoms with Gasteiger partial charge in [-0.1, -0.05) is 18.2 Å². The summed E-state index contributed by atoms with van der Waals surface area (Å²) in [5.74, 6) is 1.32. The largest absolute Gasteiger partial charge is 0.496 e. The summed E-state index contributed by atoms with van der Waals surface area (Å²) in [4.78, 5) is 17.8. The molecule has 1 aliphatic heterocycles. The van der Waals surface area contributed by atoms with Gasteiger partial charge in [0.2, 0.25) is 0 Å². The molecule has 1 fully saturated rings. The summed E-state index contributed by atoms with van der Waals surface area (Å²) in [5, 5.41) is 3.24. The van der Waals surface area contributed by atoms with Crippen molar-refractivity contribution >= 4 is 12.1 Å². The Morgan fingerprint density at radius 3 is 2.76 bits per heavy atom. The van der Waals surface area contributed by atoms with Crippen LogP contribution in [0.15, 0.2) is 29.3 Å². The van der Waals surface area contributed by atoms with Gasteiger partial charge in [-0.3, -0.25) is 4.99 Å². The first-order chi connectivity index (χ1) is 12.1. The van der Waals surface area contributed by atoms with Crippen molar-refractivity contribution in [1.29, 1.82) is 0 Å². The number of nitrogens with two attached hydrogens (primary N) is 1. The van der Waals surface area contributed by atoms with Crippen LogP contribution in [0, 0.1) is 0 Å². The predicted molar refractivity (Wildman–Crippen MR) is 97.9 cm³/mol. The Balaban J connectivity index is 1.74. The average molecular weight is 348 g/mol. The number of amides is 1. The number of aliphatic imine (C=N–C) groups is 1. The second-order valence-electron chi connectivity index (χ2n) is 5.93. The molecule has 2 rings (SSSR count). The van der Waals surface area contributed by atoms with Crippen LogP contribution >= 0.6 is 0 Å². The van der Waals surface area contributed by atoms with Crippen molar-refractivity contribution in [3.8, 4) is 5.75 Å². The van der Waals surface area contributed by atoms with Gasteiger partial charge in [-0.05, 0) is 37.8 Å². The van der Waals surface area contributed by atoms with Gasteiger partial charge in [-0.15, -0.1) is 0 Å². The van der Waals surface area contributed by atoms with E-state index in [0.717, 1.165) is 30.6 Å². The molecule has 7 heteroatoms. The minimum absolute atomic E-state index is 0.237. The minimum Gasteiger partial charge on any atom is -0.496 e. The van der Waals surface area contributed by atoms with E-state index in [4.69, 9.17) is 15.2 Å². The van der Waals surface area contributed by atoms with Crippen LogP contribution in [0.4, 0.5) is 4.79 Å². The van der Waals surface area contributed by atoms with E-state index in [9.17, 15) is 4.79 Å². The summed E-state index contributed by atoms with van der Waals surface area (Å²) in [6.45, 7) is 4.16. The van der Waals surface area contributed by atoms with E-state index >= 15 is 0 Å². The van der Waals surface area contributed by atoms with Gasteiger partial charge in [-0.25, -0.2) is 4.79 Å². The molecule has 3 N–H and O–H groups in total. The summed E-state index contributed by atoms with van der Waals surface area (Å²) in [6, 6.07) is 8.15. The maximum atomic E-state index is 11.7. The Morgan fingerprint density at radius 2 is 2.08 bits per heavy atom. The van der Waals surface area contributed by atoms with Crippen LogP contribution < -0.4 is 15.8 Å². The summed E-state index contributed by atoms with van der Waals surface area (Å²) >= 11 is 0. The second-order valence-corrected chi connectivity index (χ2v) is 5.93. The van der Waals surface area contributed by atoms with Crippen LogP contribution in [0.2, 0.25) is 0 Å². The zero-order valence-corrected chi connectivity index (χ0v) is 15.0. The zero-order valence-electron chi connectivity index (χ0n) is 15.0. The summed E-state index contributed by atoms with van der Waals surface area (Å²) in [5.41, 5.74) is 7.10. The molecule has 25 heavy (non-hydrogen) atoms. The van der Waals surface area contributed by atoms with Gasteiger partial charge in [0.25, 0.3) is 0 Å². The van der Waals surface area contributed by atoms with Gasteiger partial charge >= 0.3 is 6.09 Å². The monoisotopic (exact) mass is 348 g/mol. The molecule has 1 aromatic rings. The Kier molecular flexibility index (Phi) is 7.37. The van der Waals surface area contributed by atoms with Gasteiger partial charge in [0.15, 0.2) is 5.96 Å². The molecule has 0 bridgehead atoms. The number of ether oxygens (including phenoxy) is 2. The lowest BCUT2D eigenvalue weighted by Gasteiger charge is -2.31. The molecule has 0 aromatic heterocycles. The first kappa shape index (κ1) is 18.9. The Morgan fingerprint density at radius 1 is 1.36 bits per heavy atom. The maximum absolute atomic E-state index is 11.7. The molecule has 1 saturated heterocycles. The molecule has 1 aliphatic rings. The molecule has 138 valence electrons. The number of likely N-dealkylation sites (tertiary alicyclic amines) is 1. The number of guanidine groups is 1. The highest BCUT2D eigenvalue weighted by molar-refractivity contribution is 5.78. The van der Waals surface area contributed by atoms with Crippen molar-refractivity contribution in [2.24, 2.45) is 10.7 Å². The number of rotatable bonds is 6. The topological polar surface area (TPSA) is 89.2 Å². The van der Waals surface area contributed by atoms with Crippen molar-refractivity contribution in [3.63, 3.8) is 0 Å². The number of carbonyl (C=O) groups is 1. The molecule has 0 spiro atoms. The fraction of sp³-hybridized carbons (Fsp3) is 0.556. The molecule has 1 amide bonds. The fourth-order valence-electron chi connectivity index (χ4n) is 2.88. The van der Waals surface area contributed by atoms with E-state index in [1.807, 2.05) is 31.2 Å². The molecule has 0 saturated carbocycles. The van der Waals surface area contributed by atoms with E-state index in [1.54, 1.807) is 12.0 Å². The lowest BCUT2D eigenvalue weighted by Crippen LogP contribution is -2.48. The summed E-state index contributed by atoms with van der Waals surface area (Å²) in [7, 11) is 1.67. The molecule has 1 aromatic carbocycles.